The zero-order valence-electron chi connectivity index (χ0n) is 10.2. The molecule has 1 heterocycles. The number of nitrogens with one attached hydrogen (secondary N) is 1. The highest BCUT2D eigenvalue weighted by atomic mass is 32.2. The van der Waals surface area contributed by atoms with Crippen molar-refractivity contribution in [3.05, 3.63) is 52.7 Å². The second kappa shape index (κ2) is 6.29. The number of aliphatic hydroxyl groups excluding tert-OH is 1. The molecular formula is C13H15NO3S2. The number of aliphatic hydroxyl groups is 1. The van der Waals surface area contributed by atoms with E-state index in [4.69, 9.17) is 0 Å². The van der Waals surface area contributed by atoms with Crippen molar-refractivity contribution < 1.29 is 13.5 Å². The molecule has 0 amide bonds. The van der Waals surface area contributed by atoms with Crippen LogP contribution < -0.4 is 4.72 Å². The van der Waals surface area contributed by atoms with Gasteiger partial charge in [-0.05, 0) is 40.9 Å². The quantitative estimate of drug-likeness (QED) is 0.858. The van der Waals surface area contributed by atoms with E-state index in [1.165, 1.54) is 23.5 Å². The van der Waals surface area contributed by atoms with E-state index >= 15 is 0 Å². The fraction of sp³-hybridized carbons (Fsp3) is 0.231. The molecule has 0 aliphatic carbocycles. The number of hydrogen-bond donors (Lipinski definition) is 2. The van der Waals surface area contributed by atoms with Gasteiger partial charge in [-0.15, -0.1) is 0 Å². The summed E-state index contributed by atoms with van der Waals surface area (Å²) in [6, 6.07) is 10.0. The van der Waals surface area contributed by atoms with E-state index in [0.717, 1.165) is 5.56 Å². The lowest BCUT2D eigenvalue weighted by Crippen LogP contribution is -2.25. The van der Waals surface area contributed by atoms with Crippen molar-refractivity contribution >= 4 is 21.4 Å². The second-order valence-corrected chi connectivity index (χ2v) is 6.62. The minimum absolute atomic E-state index is 0.203. The molecule has 1 unspecified atom stereocenters. The monoisotopic (exact) mass is 297 g/mol. The van der Waals surface area contributed by atoms with E-state index in [0.29, 0.717) is 6.42 Å². The van der Waals surface area contributed by atoms with Crippen molar-refractivity contribution in [3.8, 4) is 0 Å². The molecule has 1 aromatic carbocycles. The van der Waals surface area contributed by atoms with Crippen LogP contribution in [0.4, 0.5) is 0 Å². The molecule has 0 saturated heterocycles. The molecule has 19 heavy (non-hydrogen) atoms. The number of benzene rings is 1. The van der Waals surface area contributed by atoms with Gasteiger partial charge in [-0.1, -0.05) is 18.2 Å². The van der Waals surface area contributed by atoms with Gasteiger partial charge in [-0.2, -0.15) is 11.3 Å². The predicted octanol–water partition coefficient (Wildman–Crippen LogP) is 2.15. The Morgan fingerprint density at radius 3 is 2.58 bits per heavy atom. The normalized spacial score (nSPS) is 13.3. The number of rotatable bonds is 6. The van der Waals surface area contributed by atoms with E-state index in [2.05, 4.69) is 4.72 Å². The Kier molecular flexibility index (Phi) is 4.71. The fourth-order valence-corrected chi connectivity index (χ4v) is 3.42. The van der Waals surface area contributed by atoms with Crippen LogP contribution in [0, 0.1) is 0 Å². The van der Waals surface area contributed by atoms with Gasteiger partial charge < -0.3 is 5.11 Å². The van der Waals surface area contributed by atoms with Crippen molar-refractivity contribution in [3.63, 3.8) is 0 Å². The van der Waals surface area contributed by atoms with Crippen LogP contribution >= 0.6 is 11.3 Å². The van der Waals surface area contributed by atoms with Crippen LogP contribution in [0.5, 0.6) is 0 Å². The molecule has 1 aromatic heterocycles. The summed E-state index contributed by atoms with van der Waals surface area (Å²) >= 11 is 1.51. The third-order valence-electron chi connectivity index (χ3n) is 2.69. The van der Waals surface area contributed by atoms with E-state index in [9.17, 15) is 13.5 Å². The fourth-order valence-electron chi connectivity index (χ4n) is 1.64. The third-order valence-corrected chi connectivity index (χ3v) is 4.87. The summed E-state index contributed by atoms with van der Waals surface area (Å²) in [6.45, 7) is 0.203. The van der Waals surface area contributed by atoms with Crippen LogP contribution in [0.25, 0.3) is 0 Å². The summed E-state index contributed by atoms with van der Waals surface area (Å²) in [6.07, 6.45) is -0.285. The minimum Gasteiger partial charge on any atom is -0.388 e. The Labute approximate surface area is 116 Å². The molecule has 0 aliphatic rings. The molecule has 102 valence electrons. The SMILES string of the molecule is O=S(=O)(NCCC(O)c1ccsc1)c1ccccc1. The largest absolute Gasteiger partial charge is 0.388 e. The smallest absolute Gasteiger partial charge is 0.240 e. The average Bonchev–Trinajstić information content (AvgIpc) is 2.93. The van der Waals surface area contributed by atoms with Crippen LogP contribution in [0.1, 0.15) is 18.1 Å². The highest BCUT2D eigenvalue weighted by Gasteiger charge is 2.14. The molecule has 0 spiro atoms. The Balaban J connectivity index is 1.89. The lowest BCUT2D eigenvalue weighted by molar-refractivity contribution is 0.169. The molecule has 2 aromatic rings. The Morgan fingerprint density at radius 2 is 1.95 bits per heavy atom. The van der Waals surface area contributed by atoms with E-state index < -0.39 is 16.1 Å². The predicted molar refractivity (Wildman–Crippen MR) is 75.5 cm³/mol. The van der Waals surface area contributed by atoms with Crippen molar-refractivity contribution in [1.29, 1.82) is 0 Å². The maximum absolute atomic E-state index is 11.9. The highest BCUT2D eigenvalue weighted by molar-refractivity contribution is 7.89. The molecule has 0 bridgehead atoms. The number of hydrogen-bond acceptors (Lipinski definition) is 4. The zero-order chi connectivity index (χ0) is 13.7. The summed E-state index contributed by atoms with van der Waals surface area (Å²) in [5.41, 5.74) is 0.823. The van der Waals surface area contributed by atoms with Crippen LogP contribution in [-0.4, -0.2) is 20.1 Å². The van der Waals surface area contributed by atoms with Gasteiger partial charge in [0.05, 0.1) is 11.0 Å². The van der Waals surface area contributed by atoms with Crippen molar-refractivity contribution in [1.82, 2.24) is 4.72 Å². The van der Waals surface area contributed by atoms with Crippen molar-refractivity contribution in [2.75, 3.05) is 6.54 Å². The number of sulfonamides is 1. The van der Waals surface area contributed by atoms with E-state index in [1.54, 1.807) is 18.2 Å². The second-order valence-electron chi connectivity index (χ2n) is 4.07. The number of thiophene rings is 1. The Morgan fingerprint density at radius 1 is 1.21 bits per heavy atom. The van der Waals surface area contributed by atoms with Gasteiger partial charge in [0.1, 0.15) is 0 Å². The lowest BCUT2D eigenvalue weighted by atomic mass is 10.1. The summed E-state index contributed by atoms with van der Waals surface area (Å²) in [4.78, 5) is 0.236. The lowest BCUT2D eigenvalue weighted by Gasteiger charge is -2.10. The van der Waals surface area contributed by atoms with Gasteiger partial charge in [-0.25, -0.2) is 13.1 Å². The molecule has 2 N–H and O–H groups in total. The first-order chi connectivity index (χ1) is 9.09. The summed E-state index contributed by atoms with van der Waals surface area (Å²) in [7, 11) is -3.48. The van der Waals surface area contributed by atoms with Crippen LogP contribution in [0.2, 0.25) is 0 Å². The maximum Gasteiger partial charge on any atom is 0.240 e. The van der Waals surface area contributed by atoms with Gasteiger partial charge in [0.15, 0.2) is 0 Å². The molecule has 2 rings (SSSR count). The molecule has 6 heteroatoms. The molecule has 0 radical (unpaired) electrons. The molecule has 0 aliphatic heterocycles. The van der Waals surface area contributed by atoms with Gasteiger partial charge in [0.25, 0.3) is 0 Å². The summed E-state index contributed by atoms with van der Waals surface area (Å²) in [5, 5.41) is 13.6. The van der Waals surface area contributed by atoms with Gasteiger partial charge in [0, 0.05) is 6.54 Å². The third kappa shape index (κ3) is 3.87. The van der Waals surface area contributed by atoms with Gasteiger partial charge >= 0.3 is 0 Å². The Hall–Kier alpha value is -1.21. The molecule has 1 atom stereocenters. The molecule has 0 saturated carbocycles. The van der Waals surface area contributed by atoms with Crippen molar-refractivity contribution in [2.45, 2.75) is 17.4 Å². The average molecular weight is 297 g/mol. The molecule has 0 fully saturated rings. The van der Waals surface area contributed by atoms with E-state index in [1.807, 2.05) is 16.8 Å². The standard InChI is InChI=1S/C13H15NO3S2/c15-13(11-7-9-18-10-11)6-8-14-19(16,17)12-4-2-1-3-5-12/h1-5,7,9-10,13-15H,6,8H2. The molecule has 4 nitrogen and oxygen atoms in total. The highest BCUT2D eigenvalue weighted by Crippen LogP contribution is 2.19. The van der Waals surface area contributed by atoms with Crippen LogP contribution in [0.15, 0.2) is 52.1 Å². The minimum atomic E-state index is -3.48. The zero-order valence-corrected chi connectivity index (χ0v) is 11.8. The van der Waals surface area contributed by atoms with Gasteiger partial charge in [0.2, 0.25) is 10.0 Å². The van der Waals surface area contributed by atoms with E-state index in [-0.39, 0.29) is 11.4 Å². The first-order valence-corrected chi connectivity index (χ1v) is 8.27. The van der Waals surface area contributed by atoms with Crippen LogP contribution in [-0.2, 0) is 10.0 Å². The summed E-state index contributed by atoms with van der Waals surface area (Å²) < 4.78 is 26.3. The first kappa shape index (κ1) is 14.2. The van der Waals surface area contributed by atoms with Crippen LogP contribution in [0.3, 0.4) is 0 Å². The molecular weight excluding hydrogens is 282 g/mol. The van der Waals surface area contributed by atoms with Gasteiger partial charge in [-0.3, -0.25) is 0 Å². The summed E-state index contributed by atoms with van der Waals surface area (Å²) in [5.74, 6) is 0. The maximum atomic E-state index is 11.9. The topological polar surface area (TPSA) is 66.4 Å². The first-order valence-electron chi connectivity index (χ1n) is 5.84. The Bertz CT molecular complexity index is 594. The van der Waals surface area contributed by atoms with Crippen molar-refractivity contribution in [2.24, 2.45) is 0 Å².